The number of aliphatic imine (C=N–C) groups is 1. The number of fused-ring (bicyclic) bond motifs is 1. The molecule has 84 valence electrons. The number of nitrogens with one attached hydrogen (secondary N) is 1. The van der Waals surface area contributed by atoms with Gasteiger partial charge in [0.1, 0.15) is 5.84 Å². The lowest BCUT2D eigenvalue weighted by Gasteiger charge is -2.36. The van der Waals surface area contributed by atoms with E-state index in [1.807, 2.05) is 0 Å². The van der Waals surface area contributed by atoms with E-state index in [9.17, 15) is 0 Å². The fourth-order valence-corrected chi connectivity index (χ4v) is 3.06. The lowest BCUT2D eigenvalue weighted by molar-refractivity contribution is 0.502. The average Bonchev–Trinajstić information content (AvgIpc) is 2.84. The Labute approximate surface area is 96.8 Å². The van der Waals surface area contributed by atoms with Crippen molar-refractivity contribution in [3.05, 3.63) is 35.4 Å². The predicted octanol–water partition coefficient (Wildman–Crippen LogP) is 2.28. The minimum atomic E-state index is 0.130. The lowest BCUT2D eigenvalue weighted by atomic mass is 9.70. The molecule has 1 unspecified atom stereocenters. The van der Waals surface area contributed by atoms with E-state index in [-0.39, 0.29) is 5.41 Å². The molecule has 1 aromatic carbocycles. The van der Waals surface area contributed by atoms with Crippen LogP contribution in [0.25, 0.3) is 0 Å². The number of hydrogen-bond donors (Lipinski definition) is 1. The second-order valence-electron chi connectivity index (χ2n) is 5.00. The summed E-state index contributed by atoms with van der Waals surface area (Å²) in [6.07, 6.45) is 3.71. The van der Waals surface area contributed by atoms with Crippen LogP contribution in [-0.2, 0) is 11.8 Å². The Balaban J connectivity index is 2.09. The Morgan fingerprint density at radius 2 is 2.19 bits per heavy atom. The van der Waals surface area contributed by atoms with Crippen molar-refractivity contribution in [1.29, 1.82) is 0 Å². The van der Waals surface area contributed by atoms with Gasteiger partial charge in [0, 0.05) is 12.0 Å². The molecular weight excluding hydrogens is 196 g/mol. The second-order valence-corrected chi connectivity index (χ2v) is 5.00. The van der Waals surface area contributed by atoms with Crippen molar-refractivity contribution in [2.45, 2.75) is 31.6 Å². The molecule has 2 aliphatic rings. The maximum atomic E-state index is 4.64. The largest absolute Gasteiger partial charge is 0.371 e. The maximum Gasteiger partial charge on any atom is 0.107 e. The Bertz CT molecular complexity index is 436. The predicted molar refractivity (Wildman–Crippen MR) is 67.0 cm³/mol. The van der Waals surface area contributed by atoms with E-state index in [2.05, 4.69) is 41.5 Å². The third-order valence-corrected chi connectivity index (χ3v) is 3.93. The Morgan fingerprint density at radius 1 is 1.31 bits per heavy atom. The molecule has 1 atom stereocenters. The van der Waals surface area contributed by atoms with Crippen molar-refractivity contribution in [3.8, 4) is 0 Å². The molecule has 1 aliphatic heterocycles. The van der Waals surface area contributed by atoms with Gasteiger partial charge in [-0.05, 0) is 37.3 Å². The molecule has 0 amide bonds. The van der Waals surface area contributed by atoms with Gasteiger partial charge in [0.05, 0.1) is 6.54 Å². The summed E-state index contributed by atoms with van der Waals surface area (Å²) in [5, 5.41) is 3.46. The van der Waals surface area contributed by atoms with Crippen LogP contribution in [0, 0.1) is 0 Å². The molecule has 0 saturated heterocycles. The molecule has 1 N–H and O–H groups in total. The van der Waals surface area contributed by atoms with Crippen LogP contribution in [0.5, 0.6) is 0 Å². The highest BCUT2D eigenvalue weighted by Crippen LogP contribution is 2.38. The lowest BCUT2D eigenvalue weighted by Crippen LogP contribution is -2.42. The molecule has 2 heteroatoms. The zero-order valence-corrected chi connectivity index (χ0v) is 9.79. The quantitative estimate of drug-likeness (QED) is 0.762. The van der Waals surface area contributed by atoms with Crippen LogP contribution in [-0.4, -0.2) is 18.9 Å². The van der Waals surface area contributed by atoms with Crippen molar-refractivity contribution in [2.24, 2.45) is 4.99 Å². The molecular formula is C14H18N2. The van der Waals surface area contributed by atoms with Crippen molar-refractivity contribution < 1.29 is 0 Å². The minimum absolute atomic E-state index is 0.130. The van der Waals surface area contributed by atoms with E-state index in [1.54, 1.807) is 0 Å². The van der Waals surface area contributed by atoms with Crippen molar-refractivity contribution in [2.75, 3.05) is 13.1 Å². The first-order valence-corrected chi connectivity index (χ1v) is 6.18. The van der Waals surface area contributed by atoms with Crippen LogP contribution in [0.4, 0.5) is 0 Å². The van der Waals surface area contributed by atoms with Gasteiger partial charge in [-0.2, -0.15) is 0 Å². The van der Waals surface area contributed by atoms with E-state index in [0.29, 0.717) is 0 Å². The molecule has 0 radical (unpaired) electrons. The van der Waals surface area contributed by atoms with E-state index < -0.39 is 0 Å². The van der Waals surface area contributed by atoms with Gasteiger partial charge in [-0.15, -0.1) is 0 Å². The summed E-state index contributed by atoms with van der Waals surface area (Å²) in [4.78, 5) is 4.64. The average molecular weight is 214 g/mol. The standard InChI is InChI=1S/C14H18N2/c1-14(13-15-9-10-16-13)8-4-6-11-5-2-3-7-12(11)14/h2-3,5,7H,4,6,8-10H2,1H3,(H,15,16). The molecule has 0 fully saturated rings. The number of aryl methyl sites for hydroxylation is 1. The van der Waals surface area contributed by atoms with Crippen LogP contribution in [0.3, 0.4) is 0 Å². The highest BCUT2D eigenvalue weighted by atomic mass is 15.1. The Kier molecular flexibility index (Phi) is 2.23. The van der Waals surface area contributed by atoms with Crippen molar-refractivity contribution >= 4 is 5.84 Å². The summed E-state index contributed by atoms with van der Waals surface area (Å²) >= 11 is 0. The first-order chi connectivity index (χ1) is 7.81. The third-order valence-electron chi connectivity index (χ3n) is 3.93. The number of nitrogens with zero attached hydrogens (tertiary/aromatic N) is 1. The second kappa shape index (κ2) is 3.62. The summed E-state index contributed by atoms with van der Waals surface area (Å²) in [5.74, 6) is 1.21. The molecule has 0 aromatic heterocycles. The zero-order valence-electron chi connectivity index (χ0n) is 9.79. The third kappa shape index (κ3) is 1.36. The molecule has 0 saturated carbocycles. The maximum absolute atomic E-state index is 4.64. The summed E-state index contributed by atoms with van der Waals surface area (Å²) in [5.41, 5.74) is 3.12. The van der Waals surface area contributed by atoms with Crippen LogP contribution < -0.4 is 5.32 Å². The molecule has 1 aromatic rings. The normalized spacial score (nSPS) is 28.2. The zero-order chi connectivity index (χ0) is 11.0. The fraction of sp³-hybridized carbons (Fsp3) is 0.500. The fourth-order valence-electron chi connectivity index (χ4n) is 3.06. The number of amidine groups is 1. The molecule has 0 bridgehead atoms. The highest BCUT2D eigenvalue weighted by molar-refractivity contribution is 5.94. The molecule has 1 heterocycles. The molecule has 0 spiro atoms. The highest BCUT2D eigenvalue weighted by Gasteiger charge is 2.37. The van der Waals surface area contributed by atoms with Gasteiger partial charge < -0.3 is 5.32 Å². The van der Waals surface area contributed by atoms with Gasteiger partial charge >= 0.3 is 0 Å². The van der Waals surface area contributed by atoms with Gasteiger partial charge in [0.2, 0.25) is 0 Å². The van der Waals surface area contributed by atoms with E-state index in [4.69, 9.17) is 0 Å². The van der Waals surface area contributed by atoms with Crippen molar-refractivity contribution in [3.63, 3.8) is 0 Å². The van der Waals surface area contributed by atoms with E-state index in [1.165, 1.54) is 36.2 Å². The first kappa shape index (κ1) is 9.88. The van der Waals surface area contributed by atoms with E-state index >= 15 is 0 Å². The van der Waals surface area contributed by atoms with Crippen LogP contribution in [0.2, 0.25) is 0 Å². The van der Waals surface area contributed by atoms with Crippen LogP contribution in [0.15, 0.2) is 29.3 Å². The SMILES string of the molecule is CC1(C2=NCCN2)CCCc2ccccc21. The van der Waals surface area contributed by atoms with Crippen molar-refractivity contribution in [1.82, 2.24) is 5.32 Å². The first-order valence-electron chi connectivity index (χ1n) is 6.18. The van der Waals surface area contributed by atoms with Crippen LogP contribution >= 0.6 is 0 Å². The Morgan fingerprint density at radius 3 is 3.00 bits per heavy atom. The summed E-state index contributed by atoms with van der Waals surface area (Å²) in [7, 11) is 0. The number of benzene rings is 1. The summed E-state index contributed by atoms with van der Waals surface area (Å²) in [6, 6.07) is 8.84. The topological polar surface area (TPSA) is 24.4 Å². The van der Waals surface area contributed by atoms with Gasteiger partial charge in [-0.1, -0.05) is 24.3 Å². The van der Waals surface area contributed by atoms with Gasteiger partial charge in [0.25, 0.3) is 0 Å². The Hall–Kier alpha value is -1.31. The molecule has 3 rings (SSSR count). The summed E-state index contributed by atoms with van der Waals surface area (Å²) in [6.45, 7) is 4.28. The monoisotopic (exact) mass is 214 g/mol. The van der Waals surface area contributed by atoms with Gasteiger partial charge in [-0.25, -0.2) is 0 Å². The number of hydrogen-bond acceptors (Lipinski definition) is 2. The molecule has 2 nitrogen and oxygen atoms in total. The molecule has 16 heavy (non-hydrogen) atoms. The molecule has 1 aliphatic carbocycles. The summed E-state index contributed by atoms with van der Waals surface area (Å²) < 4.78 is 0. The van der Waals surface area contributed by atoms with Crippen LogP contribution in [0.1, 0.15) is 30.9 Å². The minimum Gasteiger partial charge on any atom is -0.371 e. The number of rotatable bonds is 1. The van der Waals surface area contributed by atoms with E-state index in [0.717, 1.165) is 13.1 Å². The smallest absolute Gasteiger partial charge is 0.107 e. The van der Waals surface area contributed by atoms with Gasteiger partial charge in [0.15, 0.2) is 0 Å². The van der Waals surface area contributed by atoms with Gasteiger partial charge in [-0.3, -0.25) is 4.99 Å².